The Balaban J connectivity index is 0.764. The molecule has 0 bridgehead atoms. The van der Waals surface area contributed by atoms with Crippen molar-refractivity contribution in [1.82, 2.24) is 48.6 Å². The highest BCUT2D eigenvalue weighted by Crippen LogP contribution is 2.36. The number of para-hydroxylation sites is 1. The molecule has 16 nitrogen and oxygen atoms in total. The van der Waals surface area contributed by atoms with Crippen molar-refractivity contribution in [3.05, 3.63) is 70.2 Å². The van der Waals surface area contributed by atoms with Crippen molar-refractivity contribution in [3.63, 3.8) is 0 Å². The number of piperazine rings is 1. The lowest BCUT2D eigenvalue weighted by atomic mass is 9.85. The van der Waals surface area contributed by atoms with Crippen molar-refractivity contribution in [2.45, 2.75) is 95.2 Å². The fraction of sp³-hybridized carbons (Fsp3) is 0.523. The molecule has 2 aliphatic heterocycles. The smallest absolute Gasteiger partial charge is 0.329 e. The first-order valence-corrected chi connectivity index (χ1v) is 21.8. The molecule has 0 spiro atoms. The maximum Gasteiger partial charge on any atom is 0.329 e. The molecule has 1 unspecified atom stereocenters. The van der Waals surface area contributed by atoms with E-state index in [1.165, 1.54) is 32.5 Å². The highest BCUT2D eigenvalue weighted by molar-refractivity contribution is 6.08. The topological polar surface area (TPSA) is 166 Å². The molecule has 2 saturated carbocycles. The van der Waals surface area contributed by atoms with Gasteiger partial charge < -0.3 is 15.0 Å². The second kappa shape index (κ2) is 17.8. The first-order chi connectivity index (χ1) is 30.1. The molecule has 326 valence electrons. The van der Waals surface area contributed by atoms with Crippen molar-refractivity contribution >= 4 is 40.1 Å². The number of benzene rings is 1. The molecule has 1 aromatic carbocycles. The first kappa shape index (κ1) is 41.4. The summed E-state index contributed by atoms with van der Waals surface area (Å²) in [6.07, 6.45) is 11.1. The zero-order valence-corrected chi connectivity index (χ0v) is 34.8. The Kier molecular flexibility index (Phi) is 11.9. The van der Waals surface area contributed by atoms with Gasteiger partial charge in [-0.3, -0.25) is 38.4 Å². The highest BCUT2D eigenvalue weighted by Gasteiger charge is 2.32. The number of halogens is 2. The third-order valence-electron chi connectivity index (χ3n) is 13.0. The zero-order chi connectivity index (χ0) is 42.9. The van der Waals surface area contributed by atoms with Gasteiger partial charge in [-0.15, -0.1) is 0 Å². The van der Waals surface area contributed by atoms with Gasteiger partial charge in [0.05, 0.1) is 41.1 Å². The third-order valence-corrected chi connectivity index (χ3v) is 13.0. The van der Waals surface area contributed by atoms with E-state index in [2.05, 4.69) is 47.5 Å². The Morgan fingerprint density at radius 2 is 1.76 bits per heavy atom. The van der Waals surface area contributed by atoms with Crippen molar-refractivity contribution in [3.8, 4) is 17.7 Å². The van der Waals surface area contributed by atoms with Crippen LogP contribution in [0.2, 0.25) is 0 Å². The molecule has 6 heterocycles. The van der Waals surface area contributed by atoms with Crippen molar-refractivity contribution in [1.29, 1.82) is 0 Å². The summed E-state index contributed by atoms with van der Waals surface area (Å²) in [5.41, 5.74) is 1.63. The predicted octanol–water partition coefficient (Wildman–Crippen LogP) is 4.86. The Hall–Kier alpha value is -5.93. The molecule has 2 aliphatic carbocycles. The SMILES string of the molecule is Cn1c(=O)n(C2CCC(=O)NC2=O)c2cccc(C#CCN3CCN(CC4CCC(n5cc(NC(=O)c6cnn7ccc(OC8CCCCC8)nc67)c(C(F)F)n5)CC4)CC3)c21. The van der Waals surface area contributed by atoms with Crippen LogP contribution in [0.3, 0.4) is 0 Å². The Morgan fingerprint density at radius 1 is 0.984 bits per heavy atom. The minimum atomic E-state index is -2.87. The van der Waals surface area contributed by atoms with Crippen LogP contribution in [0.4, 0.5) is 14.5 Å². The van der Waals surface area contributed by atoms with E-state index in [0.717, 1.165) is 84.1 Å². The molecular formula is C44H51F2N11O5. The van der Waals surface area contributed by atoms with Crippen LogP contribution in [0.5, 0.6) is 5.88 Å². The lowest BCUT2D eigenvalue weighted by Crippen LogP contribution is -2.48. The van der Waals surface area contributed by atoms with Crippen LogP contribution < -0.4 is 21.1 Å². The summed E-state index contributed by atoms with van der Waals surface area (Å²) in [5, 5.41) is 13.5. The summed E-state index contributed by atoms with van der Waals surface area (Å²) in [6.45, 7) is 5.12. The molecule has 5 aromatic rings. The number of piperidine rings is 1. The maximum atomic E-state index is 14.3. The lowest BCUT2D eigenvalue weighted by Gasteiger charge is -2.37. The highest BCUT2D eigenvalue weighted by atomic mass is 19.3. The van der Waals surface area contributed by atoms with Crippen molar-refractivity contribution < 1.29 is 27.9 Å². The zero-order valence-electron chi connectivity index (χ0n) is 34.8. The second-order valence-corrected chi connectivity index (χ2v) is 17.0. The van der Waals surface area contributed by atoms with Crippen LogP contribution in [0.15, 0.2) is 47.7 Å². The number of imidazole rings is 1. The number of imide groups is 1. The molecule has 18 heteroatoms. The van der Waals surface area contributed by atoms with E-state index in [1.54, 1.807) is 24.0 Å². The van der Waals surface area contributed by atoms with Gasteiger partial charge in [0, 0.05) is 64.7 Å². The second-order valence-electron chi connectivity index (χ2n) is 17.0. The van der Waals surface area contributed by atoms with Crippen molar-refractivity contribution in [2.24, 2.45) is 13.0 Å². The van der Waals surface area contributed by atoms with Crippen LogP contribution >= 0.6 is 0 Å². The molecule has 9 rings (SSSR count). The number of nitrogens with zero attached hydrogens (tertiary/aromatic N) is 9. The van der Waals surface area contributed by atoms with Crippen LogP contribution in [0.1, 0.15) is 111 Å². The molecule has 2 N–H and O–H groups in total. The number of amides is 3. The number of aromatic nitrogens is 7. The van der Waals surface area contributed by atoms with Gasteiger partial charge in [0.1, 0.15) is 17.7 Å². The predicted molar refractivity (Wildman–Crippen MR) is 225 cm³/mol. The number of hydrogen-bond donors (Lipinski definition) is 2. The lowest BCUT2D eigenvalue weighted by molar-refractivity contribution is -0.135. The number of carbonyl (C=O) groups excluding carboxylic acids is 3. The average Bonchev–Trinajstić information content (AvgIpc) is 3.96. The third kappa shape index (κ3) is 8.60. The number of ether oxygens (including phenoxy) is 1. The molecule has 4 aliphatic rings. The van der Waals surface area contributed by atoms with Gasteiger partial charge in [0.15, 0.2) is 11.3 Å². The van der Waals surface area contributed by atoms with E-state index >= 15 is 0 Å². The normalized spacial score (nSPS) is 21.9. The van der Waals surface area contributed by atoms with Gasteiger partial charge in [-0.25, -0.2) is 18.1 Å². The van der Waals surface area contributed by atoms with Gasteiger partial charge >= 0.3 is 5.69 Å². The quantitative estimate of drug-likeness (QED) is 0.147. The number of alkyl halides is 2. The summed E-state index contributed by atoms with van der Waals surface area (Å²) in [6, 6.07) is 6.44. The molecule has 0 radical (unpaired) electrons. The van der Waals surface area contributed by atoms with E-state index < -0.39 is 30.0 Å². The van der Waals surface area contributed by atoms with Gasteiger partial charge in [0.2, 0.25) is 17.7 Å². The molecule has 62 heavy (non-hydrogen) atoms. The van der Waals surface area contributed by atoms with Crippen LogP contribution in [0.25, 0.3) is 16.7 Å². The molecule has 2 saturated heterocycles. The Morgan fingerprint density at radius 3 is 2.52 bits per heavy atom. The summed E-state index contributed by atoms with van der Waals surface area (Å²) in [5.74, 6) is 6.07. The number of anilines is 1. The Labute approximate surface area is 356 Å². The summed E-state index contributed by atoms with van der Waals surface area (Å²) in [7, 11) is 1.68. The maximum absolute atomic E-state index is 14.3. The van der Waals surface area contributed by atoms with Crippen LogP contribution in [0, 0.1) is 17.8 Å². The van der Waals surface area contributed by atoms with Gasteiger partial charge in [0.25, 0.3) is 12.3 Å². The number of aryl methyl sites for hydroxylation is 1. The molecule has 1 atom stereocenters. The van der Waals surface area contributed by atoms with Gasteiger partial charge in [-0.05, 0) is 75.8 Å². The molecule has 4 fully saturated rings. The fourth-order valence-electron chi connectivity index (χ4n) is 9.57. The van der Waals surface area contributed by atoms with Crippen molar-refractivity contribution in [2.75, 3.05) is 44.6 Å². The molecule has 4 aromatic heterocycles. The van der Waals surface area contributed by atoms with Gasteiger partial charge in [-0.1, -0.05) is 24.3 Å². The Bertz CT molecular complexity index is 2600. The monoisotopic (exact) mass is 851 g/mol. The van der Waals surface area contributed by atoms with E-state index in [9.17, 15) is 28.0 Å². The number of hydrogen-bond acceptors (Lipinski definition) is 10. The van der Waals surface area contributed by atoms with Crippen LogP contribution in [-0.4, -0.2) is 106 Å². The number of rotatable bonds is 10. The number of nitrogens with one attached hydrogen (secondary N) is 2. The molecular weight excluding hydrogens is 801 g/mol. The first-order valence-electron chi connectivity index (χ1n) is 21.8. The molecule has 3 amide bonds. The number of carbonyl (C=O) groups is 3. The summed E-state index contributed by atoms with van der Waals surface area (Å²) in [4.78, 5) is 60.4. The number of fused-ring (bicyclic) bond motifs is 2. The van der Waals surface area contributed by atoms with E-state index in [1.807, 2.05) is 18.2 Å². The minimum Gasteiger partial charge on any atom is -0.474 e. The van der Waals surface area contributed by atoms with E-state index in [4.69, 9.17) is 4.74 Å². The average molecular weight is 852 g/mol. The van der Waals surface area contributed by atoms with Crippen LogP contribution in [-0.2, 0) is 16.6 Å². The van der Waals surface area contributed by atoms with E-state index in [-0.39, 0.29) is 53.5 Å². The summed E-state index contributed by atoms with van der Waals surface area (Å²) < 4.78 is 40.7. The van der Waals surface area contributed by atoms with E-state index in [0.29, 0.717) is 34.9 Å². The standard InChI is InChI=1S/C44H51F2N11O5/c1-52-39-29(7-5-11-34(39)57(44(52)61)35-16-17-36(58)49-43(35)60)8-6-19-53-21-23-54(24-22-53)26-28-12-14-30(15-13-28)56-27-33(38(51-56)40(45)46)48-42(59)32-25-47-55-20-18-37(50-41(32)55)62-31-9-3-2-4-10-31/h5,7,11,18,20,25,27-28,30-31,35,40H,2-4,9-10,12-17,19,21-24,26H2,1H3,(H,48,59)(H,49,58,60). The summed E-state index contributed by atoms with van der Waals surface area (Å²) >= 11 is 0. The minimum absolute atomic E-state index is 0.0183. The largest absolute Gasteiger partial charge is 0.474 e. The fourth-order valence-corrected chi connectivity index (χ4v) is 9.57. The van der Waals surface area contributed by atoms with Gasteiger partial charge in [-0.2, -0.15) is 15.2 Å².